The molecule has 1 aliphatic heterocycles. The summed E-state index contributed by atoms with van der Waals surface area (Å²) in [7, 11) is 0. The lowest BCUT2D eigenvalue weighted by molar-refractivity contribution is -0.118. The Hall–Kier alpha value is -2.43. The fourth-order valence-corrected chi connectivity index (χ4v) is 3.84. The molecule has 0 aromatic carbocycles. The molecule has 0 amide bonds. The Kier molecular flexibility index (Phi) is 2.95. The van der Waals surface area contributed by atoms with E-state index in [1.165, 1.54) is 0 Å². The zero-order chi connectivity index (χ0) is 16.2. The third kappa shape index (κ3) is 2.19. The Morgan fingerprint density at radius 3 is 2.70 bits per heavy atom. The van der Waals surface area contributed by atoms with Crippen LogP contribution in [0.25, 0.3) is 0 Å². The van der Waals surface area contributed by atoms with Gasteiger partial charge in [0.2, 0.25) is 0 Å². The molecule has 3 heterocycles. The van der Waals surface area contributed by atoms with Crippen molar-refractivity contribution in [3.8, 4) is 0 Å². The largest absolute Gasteiger partial charge is 0.342 e. The van der Waals surface area contributed by atoms with Crippen molar-refractivity contribution in [1.82, 2.24) is 15.2 Å². The molecule has 5 nitrogen and oxygen atoms in total. The van der Waals surface area contributed by atoms with Crippen LogP contribution in [0.3, 0.4) is 0 Å². The Balaban J connectivity index is 1.94. The molecule has 0 saturated heterocycles. The molecule has 4 rings (SSSR count). The minimum atomic E-state index is -0.0633. The number of aryl methyl sites for hydroxylation is 1. The normalized spacial score (nSPS) is 22.4. The van der Waals surface area contributed by atoms with Gasteiger partial charge in [-0.25, -0.2) is 0 Å². The molecular weight excluding hydrogens is 288 g/mol. The fourth-order valence-electron chi connectivity index (χ4n) is 3.84. The number of Topliss-reactive ketones (excluding diaryl/α,β-unsaturated/α-hetero) is 1. The molecule has 0 spiro atoms. The monoisotopic (exact) mass is 308 g/mol. The second-order valence-electron chi connectivity index (χ2n) is 7.28. The van der Waals surface area contributed by atoms with E-state index in [1.54, 1.807) is 12.4 Å². The van der Waals surface area contributed by atoms with Crippen molar-refractivity contribution in [3.05, 3.63) is 52.6 Å². The molecule has 23 heavy (non-hydrogen) atoms. The lowest BCUT2D eigenvalue weighted by Gasteiger charge is -2.38. The van der Waals surface area contributed by atoms with Crippen molar-refractivity contribution in [2.45, 2.75) is 39.5 Å². The minimum Gasteiger partial charge on any atom is -0.342 e. The van der Waals surface area contributed by atoms with Gasteiger partial charge in [0.25, 0.3) is 0 Å². The number of carbonyl (C=O) groups is 1. The lowest BCUT2D eigenvalue weighted by atomic mass is 9.69. The van der Waals surface area contributed by atoms with Crippen LogP contribution in [-0.2, 0) is 4.79 Å². The number of rotatable bonds is 1. The smallest absolute Gasteiger partial charge is 0.162 e. The van der Waals surface area contributed by atoms with Crippen LogP contribution in [0.1, 0.15) is 49.4 Å². The van der Waals surface area contributed by atoms with Gasteiger partial charge in [0.1, 0.15) is 0 Å². The Morgan fingerprint density at radius 2 is 1.96 bits per heavy atom. The van der Waals surface area contributed by atoms with E-state index in [1.807, 2.05) is 19.1 Å². The topological polar surface area (TPSA) is 70.7 Å². The zero-order valence-corrected chi connectivity index (χ0v) is 13.6. The molecule has 2 N–H and O–H groups in total. The van der Waals surface area contributed by atoms with Gasteiger partial charge in [0.05, 0.1) is 0 Å². The predicted molar refractivity (Wildman–Crippen MR) is 88.1 cm³/mol. The van der Waals surface area contributed by atoms with E-state index in [0.717, 1.165) is 40.3 Å². The first kappa shape index (κ1) is 14.2. The first-order chi connectivity index (χ1) is 11.0. The van der Waals surface area contributed by atoms with Crippen molar-refractivity contribution in [1.29, 1.82) is 0 Å². The Labute approximate surface area is 135 Å². The third-order valence-electron chi connectivity index (χ3n) is 4.80. The lowest BCUT2D eigenvalue weighted by Crippen LogP contribution is -2.33. The van der Waals surface area contributed by atoms with Gasteiger partial charge >= 0.3 is 0 Å². The molecule has 5 heteroatoms. The maximum absolute atomic E-state index is 12.9. The quantitative estimate of drug-likeness (QED) is 0.848. The molecule has 0 bridgehead atoms. The van der Waals surface area contributed by atoms with E-state index in [9.17, 15) is 4.79 Å². The summed E-state index contributed by atoms with van der Waals surface area (Å²) in [6, 6.07) is 3.98. The number of nitrogens with one attached hydrogen (secondary N) is 2. The third-order valence-corrected chi connectivity index (χ3v) is 4.80. The SMILES string of the molecule is Cc1[nH]nc2c1[C@H](c1ccncc1)C1=C(CC(C)(C)CC1=O)N2. The molecule has 0 radical (unpaired) electrons. The number of aromatic amines is 1. The summed E-state index contributed by atoms with van der Waals surface area (Å²) >= 11 is 0. The maximum Gasteiger partial charge on any atom is 0.162 e. The number of hydrogen-bond acceptors (Lipinski definition) is 4. The molecule has 1 atom stereocenters. The second kappa shape index (κ2) is 4.78. The van der Waals surface area contributed by atoms with Crippen molar-refractivity contribution in [3.63, 3.8) is 0 Å². The molecule has 118 valence electrons. The van der Waals surface area contributed by atoms with Gasteiger partial charge in [-0.05, 0) is 36.5 Å². The number of fused-ring (bicyclic) bond motifs is 1. The molecule has 2 aromatic rings. The standard InChI is InChI=1S/C18H20N4O/c1-10-14-15(11-4-6-19-7-5-11)16-12(20-17(14)22-21-10)8-18(2,3)9-13(16)23/h4-7,15H,8-9H2,1-3H3,(H2,20,21,22)/t15-/m0/s1. The first-order valence-corrected chi connectivity index (χ1v) is 7.94. The summed E-state index contributed by atoms with van der Waals surface area (Å²) in [6.45, 7) is 6.29. The van der Waals surface area contributed by atoms with Crippen LogP contribution in [0, 0.1) is 12.3 Å². The van der Waals surface area contributed by atoms with Crippen LogP contribution in [-0.4, -0.2) is 21.0 Å². The number of allylic oxidation sites excluding steroid dienone is 2. The van der Waals surface area contributed by atoms with Crippen molar-refractivity contribution in [2.24, 2.45) is 5.41 Å². The van der Waals surface area contributed by atoms with Gasteiger partial charge in [-0.2, -0.15) is 5.10 Å². The maximum atomic E-state index is 12.9. The predicted octanol–water partition coefficient (Wildman–Crippen LogP) is 3.31. The zero-order valence-electron chi connectivity index (χ0n) is 13.6. The molecule has 2 aliphatic rings. The van der Waals surface area contributed by atoms with Crippen molar-refractivity contribution >= 4 is 11.6 Å². The molecule has 0 saturated carbocycles. The average Bonchev–Trinajstić information content (AvgIpc) is 2.86. The van der Waals surface area contributed by atoms with E-state index in [2.05, 4.69) is 34.3 Å². The first-order valence-electron chi connectivity index (χ1n) is 7.94. The summed E-state index contributed by atoms with van der Waals surface area (Å²) in [5, 5.41) is 10.9. The number of H-pyrrole nitrogens is 1. The Bertz CT molecular complexity index is 817. The number of anilines is 1. The van der Waals surface area contributed by atoms with Gasteiger partial charge < -0.3 is 5.32 Å². The van der Waals surface area contributed by atoms with Gasteiger partial charge in [-0.3, -0.25) is 14.9 Å². The summed E-state index contributed by atoms with van der Waals surface area (Å²) in [6.07, 6.45) is 5.01. The van der Waals surface area contributed by atoms with Crippen molar-refractivity contribution < 1.29 is 4.79 Å². The van der Waals surface area contributed by atoms with Crippen LogP contribution >= 0.6 is 0 Å². The fraction of sp³-hybridized carbons (Fsp3) is 0.389. The number of aromatic nitrogens is 3. The van der Waals surface area contributed by atoms with E-state index < -0.39 is 0 Å². The van der Waals surface area contributed by atoms with E-state index in [-0.39, 0.29) is 17.1 Å². The van der Waals surface area contributed by atoms with E-state index in [4.69, 9.17) is 0 Å². The summed E-state index contributed by atoms with van der Waals surface area (Å²) in [4.78, 5) is 17.0. The summed E-state index contributed by atoms with van der Waals surface area (Å²) in [5.74, 6) is 1.01. The number of hydrogen-bond donors (Lipinski definition) is 2. The number of ketones is 1. The highest BCUT2D eigenvalue weighted by molar-refractivity contribution is 6.01. The van der Waals surface area contributed by atoms with Crippen LogP contribution < -0.4 is 5.32 Å². The average molecular weight is 308 g/mol. The van der Waals surface area contributed by atoms with Crippen LogP contribution in [0.15, 0.2) is 35.8 Å². The number of carbonyl (C=O) groups excluding carboxylic acids is 1. The number of nitrogens with zero attached hydrogens (tertiary/aromatic N) is 2. The molecular formula is C18H20N4O. The van der Waals surface area contributed by atoms with E-state index >= 15 is 0 Å². The van der Waals surface area contributed by atoms with Gasteiger partial charge in [-0.1, -0.05) is 13.8 Å². The highest BCUT2D eigenvalue weighted by Gasteiger charge is 2.42. The van der Waals surface area contributed by atoms with Crippen LogP contribution in [0.4, 0.5) is 5.82 Å². The minimum absolute atomic E-state index is 0.0193. The second-order valence-corrected chi connectivity index (χ2v) is 7.28. The molecule has 0 fully saturated rings. The summed E-state index contributed by atoms with van der Waals surface area (Å²) < 4.78 is 0. The van der Waals surface area contributed by atoms with Crippen molar-refractivity contribution in [2.75, 3.05) is 5.32 Å². The van der Waals surface area contributed by atoms with Crippen LogP contribution in [0.5, 0.6) is 0 Å². The molecule has 2 aromatic heterocycles. The highest BCUT2D eigenvalue weighted by atomic mass is 16.1. The summed E-state index contributed by atoms with van der Waals surface area (Å²) in [5.41, 5.74) is 5.06. The highest BCUT2D eigenvalue weighted by Crippen LogP contribution is 2.49. The number of pyridine rings is 1. The van der Waals surface area contributed by atoms with Gasteiger partial charge in [0, 0.05) is 47.3 Å². The van der Waals surface area contributed by atoms with Gasteiger partial charge in [0.15, 0.2) is 11.6 Å². The molecule has 1 aliphatic carbocycles. The van der Waals surface area contributed by atoms with Crippen LogP contribution in [0.2, 0.25) is 0 Å². The van der Waals surface area contributed by atoms with Gasteiger partial charge in [-0.15, -0.1) is 0 Å². The Morgan fingerprint density at radius 1 is 1.22 bits per heavy atom. The van der Waals surface area contributed by atoms with E-state index in [0.29, 0.717) is 6.42 Å². The molecule has 0 unspecified atom stereocenters.